The third kappa shape index (κ3) is 5.67. The number of benzene rings is 2. The number of piperidine rings is 1. The van der Waals surface area contributed by atoms with Gasteiger partial charge in [0, 0.05) is 37.9 Å². The fraction of sp³-hybridized carbons (Fsp3) is 0.348. The van der Waals surface area contributed by atoms with Crippen LogP contribution in [0.1, 0.15) is 24.8 Å². The number of carbonyl (C=O) groups excluding carboxylic acids is 1. The normalized spacial score (nSPS) is 15.2. The first kappa shape index (κ1) is 20.1. The van der Waals surface area contributed by atoms with Crippen LogP contribution in [0.25, 0.3) is 0 Å². The molecule has 0 spiro atoms. The van der Waals surface area contributed by atoms with Gasteiger partial charge in [0.05, 0.1) is 0 Å². The molecule has 3 rings (SSSR count). The van der Waals surface area contributed by atoms with Gasteiger partial charge in [0.25, 0.3) is 0 Å². The second kappa shape index (κ2) is 10.0. The lowest BCUT2D eigenvalue weighted by molar-refractivity contribution is 0.124. The Morgan fingerprint density at radius 1 is 1.14 bits per heavy atom. The van der Waals surface area contributed by atoms with Gasteiger partial charge in [-0.05, 0) is 49.1 Å². The van der Waals surface area contributed by atoms with Crippen LogP contribution in [0.2, 0.25) is 0 Å². The zero-order valence-electron chi connectivity index (χ0n) is 16.2. The van der Waals surface area contributed by atoms with E-state index >= 15 is 0 Å². The van der Waals surface area contributed by atoms with Crippen LogP contribution in [0.3, 0.4) is 0 Å². The summed E-state index contributed by atoms with van der Waals surface area (Å²) in [4.78, 5) is 17.2. The number of anilines is 1. The van der Waals surface area contributed by atoms with Gasteiger partial charge in [0.2, 0.25) is 0 Å². The number of likely N-dealkylation sites (tertiary alicyclic amines) is 1. The lowest BCUT2D eigenvalue weighted by Crippen LogP contribution is -2.49. The van der Waals surface area contributed by atoms with Crippen LogP contribution < -0.4 is 5.32 Å². The van der Waals surface area contributed by atoms with E-state index in [0.717, 1.165) is 38.9 Å². The molecule has 0 bridgehead atoms. The smallest absolute Gasteiger partial charge is 0.321 e. The summed E-state index contributed by atoms with van der Waals surface area (Å²) in [6.07, 6.45) is 4.48. The number of nitrogens with zero attached hydrogens (tertiary/aromatic N) is 2. The largest absolute Gasteiger partial charge is 0.322 e. The summed E-state index contributed by atoms with van der Waals surface area (Å²) in [5, 5.41) is 2.90. The quantitative estimate of drug-likeness (QED) is 0.693. The second-order valence-corrected chi connectivity index (χ2v) is 7.20. The molecule has 4 nitrogen and oxygen atoms in total. The van der Waals surface area contributed by atoms with Gasteiger partial charge >= 0.3 is 6.03 Å². The molecule has 0 atom stereocenters. The number of halogens is 1. The fourth-order valence-corrected chi connectivity index (χ4v) is 3.64. The van der Waals surface area contributed by atoms with Gasteiger partial charge in [-0.1, -0.05) is 36.4 Å². The predicted octanol–water partition coefficient (Wildman–Crippen LogP) is 4.90. The Labute approximate surface area is 166 Å². The molecule has 2 amide bonds. The minimum absolute atomic E-state index is 0.130. The van der Waals surface area contributed by atoms with Crippen LogP contribution in [-0.4, -0.2) is 41.5 Å². The molecular formula is C23H28FN3O. The van der Waals surface area contributed by atoms with Crippen LogP contribution in [0.4, 0.5) is 14.9 Å². The van der Waals surface area contributed by atoms with E-state index in [-0.39, 0.29) is 17.9 Å². The van der Waals surface area contributed by atoms with Crippen LogP contribution >= 0.6 is 0 Å². The summed E-state index contributed by atoms with van der Waals surface area (Å²) in [5.41, 5.74) is 1.93. The Balaban J connectivity index is 1.58. The number of hydrogen-bond acceptors (Lipinski definition) is 2. The molecule has 1 aliphatic heterocycles. The van der Waals surface area contributed by atoms with Crippen molar-refractivity contribution in [2.75, 3.05) is 25.0 Å². The number of rotatable bonds is 7. The monoisotopic (exact) mass is 381 g/mol. The molecule has 1 fully saturated rings. The Kier molecular flexibility index (Phi) is 7.20. The first-order chi connectivity index (χ1) is 13.7. The first-order valence-electron chi connectivity index (χ1n) is 9.86. The van der Waals surface area contributed by atoms with Crippen molar-refractivity contribution in [2.24, 2.45) is 0 Å². The second-order valence-electron chi connectivity index (χ2n) is 7.20. The first-order valence-corrected chi connectivity index (χ1v) is 9.86. The van der Waals surface area contributed by atoms with Crippen LogP contribution in [0.5, 0.6) is 0 Å². The van der Waals surface area contributed by atoms with Crippen molar-refractivity contribution in [3.63, 3.8) is 0 Å². The molecule has 0 radical (unpaired) electrons. The van der Waals surface area contributed by atoms with E-state index < -0.39 is 0 Å². The van der Waals surface area contributed by atoms with Gasteiger partial charge < -0.3 is 10.2 Å². The molecule has 0 saturated carbocycles. The van der Waals surface area contributed by atoms with Crippen molar-refractivity contribution in [3.8, 4) is 0 Å². The molecule has 0 aliphatic carbocycles. The Bertz CT molecular complexity index is 755. The van der Waals surface area contributed by atoms with Crippen molar-refractivity contribution in [1.82, 2.24) is 9.80 Å². The van der Waals surface area contributed by atoms with Crippen LogP contribution in [-0.2, 0) is 6.54 Å². The maximum absolute atomic E-state index is 13.1. The lowest BCUT2D eigenvalue weighted by atomic mass is 10.0. The molecular weight excluding hydrogens is 353 g/mol. The van der Waals surface area contributed by atoms with Crippen molar-refractivity contribution < 1.29 is 9.18 Å². The molecule has 1 N–H and O–H groups in total. The van der Waals surface area contributed by atoms with Gasteiger partial charge in [-0.3, -0.25) is 4.90 Å². The SMILES string of the molecule is C=CCCN(C(=O)Nc1ccc(F)cc1)C1CCN(Cc2ccccc2)CC1. The third-order valence-corrected chi connectivity index (χ3v) is 5.18. The van der Waals surface area contributed by atoms with Crippen LogP contribution in [0.15, 0.2) is 67.3 Å². The van der Waals surface area contributed by atoms with Gasteiger partial charge in [-0.2, -0.15) is 0 Å². The maximum Gasteiger partial charge on any atom is 0.322 e. The van der Waals surface area contributed by atoms with Gasteiger partial charge in [-0.15, -0.1) is 6.58 Å². The average molecular weight is 381 g/mol. The van der Waals surface area contributed by atoms with E-state index in [9.17, 15) is 9.18 Å². The fourth-order valence-electron chi connectivity index (χ4n) is 3.64. The van der Waals surface area contributed by atoms with Crippen molar-refractivity contribution in [1.29, 1.82) is 0 Å². The minimum atomic E-state index is -0.313. The molecule has 0 unspecified atom stereocenters. The Hall–Kier alpha value is -2.66. The van der Waals surface area contributed by atoms with Gasteiger partial charge in [-0.25, -0.2) is 9.18 Å². The summed E-state index contributed by atoms with van der Waals surface area (Å²) in [6.45, 7) is 7.30. The molecule has 1 saturated heterocycles. The molecule has 28 heavy (non-hydrogen) atoms. The van der Waals surface area contributed by atoms with Crippen molar-refractivity contribution in [3.05, 3.63) is 78.6 Å². The lowest BCUT2D eigenvalue weighted by Gasteiger charge is -2.38. The van der Waals surface area contributed by atoms with E-state index in [1.54, 1.807) is 12.1 Å². The molecule has 1 aliphatic rings. The summed E-state index contributed by atoms with van der Waals surface area (Å²) in [7, 11) is 0. The number of nitrogens with one attached hydrogen (secondary N) is 1. The van der Waals surface area contributed by atoms with Crippen molar-refractivity contribution >= 4 is 11.7 Å². The Morgan fingerprint density at radius 3 is 2.46 bits per heavy atom. The standard InChI is InChI=1S/C23H28FN3O/c1-2-3-15-27(23(28)25-21-11-9-20(24)10-12-21)22-13-16-26(17-14-22)18-19-7-5-4-6-8-19/h2,4-12,22H,1,3,13-18H2,(H,25,28). The van der Waals surface area contributed by atoms with Gasteiger partial charge in [0.15, 0.2) is 0 Å². The molecule has 148 valence electrons. The summed E-state index contributed by atoms with van der Waals surface area (Å²) < 4.78 is 13.1. The topological polar surface area (TPSA) is 35.6 Å². The summed E-state index contributed by atoms with van der Waals surface area (Å²) >= 11 is 0. The third-order valence-electron chi connectivity index (χ3n) is 5.18. The number of carbonyl (C=O) groups is 1. The zero-order valence-corrected chi connectivity index (χ0v) is 16.2. The summed E-state index contributed by atoms with van der Waals surface area (Å²) in [6, 6.07) is 16.4. The highest BCUT2D eigenvalue weighted by molar-refractivity contribution is 5.89. The average Bonchev–Trinajstić information content (AvgIpc) is 2.72. The predicted molar refractivity (Wildman–Crippen MR) is 112 cm³/mol. The Morgan fingerprint density at radius 2 is 1.82 bits per heavy atom. The number of amides is 2. The van der Waals surface area contributed by atoms with E-state index in [2.05, 4.69) is 41.1 Å². The number of urea groups is 1. The zero-order chi connectivity index (χ0) is 19.8. The molecule has 1 heterocycles. The highest BCUT2D eigenvalue weighted by atomic mass is 19.1. The molecule has 5 heteroatoms. The van der Waals surface area contributed by atoms with Crippen LogP contribution in [0, 0.1) is 5.82 Å². The highest BCUT2D eigenvalue weighted by Crippen LogP contribution is 2.20. The highest BCUT2D eigenvalue weighted by Gasteiger charge is 2.27. The maximum atomic E-state index is 13.1. The molecule has 0 aromatic heterocycles. The van der Waals surface area contributed by atoms with E-state index in [1.165, 1.54) is 17.7 Å². The van der Waals surface area contributed by atoms with E-state index in [4.69, 9.17) is 0 Å². The molecule has 2 aromatic carbocycles. The molecule has 2 aromatic rings. The minimum Gasteiger partial charge on any atom is -0.321 e. The summed E-state index contributed by atoms with van der Waals surface area (Å²) in [5.74, 6) is -0.313. The van der Waals surface area contributed by atoms with E-state index in [0.29, 0.717) is 12.2 Å². The van der Waals surface area contributed by atoms with Gasteiger partial charge in [0.1, 0.15) is 5.82 Å². The van der Waals surface area contributed by atoms with E-state index in [1.807, 2.05) is 17.0 Å². The number of hydrogen-bond donors (Lipinski definition) is 1. The van der Waals surface area contributed by atoms with Crippen molar-refractivity contribution in [2.45, 2.75) is 31.8 Å².